The Morgan fingerprint density at radius 2 is 1.42 bits per heavy atom. The van der Waals surface area contributed by atoms with Gasteiger partial charge in [0.25, 0.3) is 0 Å². The van der Waals surface area contributed by atoms with Crippen LogP contribution in [0.15, 0.2) is 66.7 Å². The van der Waals surface area contributed by atoms with Crippen molar-refractivity contribution in [1.29, 1.82) is 0 Å². The van der Waals surface area contributed by atoms with Crippen molar-refractivity contribution in [3.8, 4) is 33.8 Å². The normalized spacial score (nSPS) is 18.7. The molecule has 4 aromatic carbocycles. The van der Waals surface area contributed by atoms with Crippen LogP contribution in [0.4, 0.5) is 5.69 Å². The second-order valence-corrected chi connectivity index (χ2v) is 12.5. The van der Waals surface area contributed by atoms with E-state index in [0.717, 1.165) is 46.2 Å². The molecule has 1 spiro atoms. The summed E-state index contributed by atoms with van der Waals surface area (Å²) in [6.45, 7) is 9.61. The van der Waals surface area contributed by atoms with Crippen LogP contribution in [0.25, 0.3) is 33.0 Å². The highest BCUT2D eigenvalue weighted by Gasteiger charge is 2.53. The number of ether oxygens (including phenoxy) is 1. The monoisotopic (exact) mass is 477 g/mol. The average Bonchev–Trinajstić information content (AvgIpc) is 3.05. The van der Waals surface area contributed by atoms with Gasteiger partial charge in [-0.3, -0.25) is 0 Å². The van der Waals surface area contributed by atoms with Crippen molar-refractivity contribution in [2.45, 2.75) is 52.4 Å². The van der Waals surface area contributed by atoms with E-state index in [1.54, 1.807) is 7.11 Å². The minimum Gasteiger partial charge on any atom is -0.507 e. The SMILES string of the molecule is COc1cc2c3c(cc(O)c2cc1-c1ccc(N)cc1)C1(CC(C)(C)CC(C)(C)C1)c1ccccc1-3. The molecule has 0 aliphatic heterocycles. The third-order valence-corrected chi connectivity index (χ3v) is 8.40. The smallest absolute Gasteiger partial charge is 0.127 e. The van der Waals surface area contributed by atoms with E-state index in [2.05, 4.69) is 70.2 Å². The van der Waals surface area contributed by atoms with Gasteiger partial charge in [-0.25, -0.2) is 0 Å². The number of hydrogen-bond donors (Lipinski definition) is 2. The Hall–Kier alpha value is -3.46. The molecule has 184 valence electrons. The van der Waals surface area contributed by atoms with Crippen LogP contribution in [0.5, 0.6) is 11.5 Å². The van der Waals surface area contributed by atoms with Crippen molar-refractivity contribution in [3.63, 3.8) is 0 Å². The third kappa shape index (κ3) is 3.32. The molecule has 2 aliphatic rings. The lowest BCUT2D eigenvalue weighted by atomic mass is 9.52. The molecule has 36 heavy (non-hydrogen) atoms. The number of benzene rings is 4. The highest BCUT2D eigenvalue weighted by Crippen LogP contribution is 2.65. The van der Waals surface area contributed by atoms with Gasteiger partial charge in [-0.2, -0.15) is 0 Å². The largest absolute Gasteiger partial charge is 0.507 e. The molecule has 3 heteroatoms. The number of nitrogen functional groups attached to an aromatic ring is 1. The van der Waals surface area contributed by atoms with Crippen LogP contribution in [0.2, 0.25) is 0 Å². The highest BCUT2D eigenvalue weighted by molar-refractivity contribution is 6.07. The summed E-state index contributed by atoms with van der Waals surface area (Å²) in [5, 5.41) is 13.4. The number of phenols is 1. The number of anilines is 1. The maximum Gasteiger partial charge on any atom is 0.127 e. The van der Waals surface area contributed by atoms with Gasteiger partial charge in [-0.15, -0.1) is 0 Å². The molecule has 6 rings (SSSR count). The molecule has 0 bridgehead atoms. The van der Waals surface area contributed by atoms with E-state index in [1.165, 1.54) is 28.7 Å². The topological polar surface area (TPSA) is 55.5 Å². The molecule has 0 saturated heterocycles. The number of rotatable bonds is 2. The van der Waals surface area contributed by atoms with Crippen molar-refractivity contribution < 1.29 is 9.84 Å². The van der Waals surface area contributed by atoms with E-state index in [4.69, 9.17) is 10.5 Å². The number of fused-ring (bicyclic) bond motifs is 7. The number of phenolic OH excluding ortho intramolecular Hbond substituents is 1. The molecule has 0 unspecified atom stereocenters. The molecule has 1 fully saturated rings. The van der Waals surface area contributed by atoms with Crippen molar-refractivity contribution in [2.24, 2.45) is 10.8 Å². The average molecular weight is 478 g/mol. The van der Waals surface area contributed by atoms with Crippen LogP contribution in [-0.4, -0.2) is 12.2 Å². The van der Waals surface area contributed by atoms with Gasteiger partial charge in [0.2, 0.25) is 0 Å². The van der Waals surface area contributed by atoms with Crippen molar-refractivity contribution in [1.82, 2.24) is 0 Å². The Bertz CT molecular complexity index is 1500. The zero-order valence-electron chi connectivity index (χ0n) is 21.9. The molecule has 0 aromatic heterocycles. The van der Waals surface area contributed by atoms with E-state index in [-0.39, 0.29) is 16.2 Å². The minimum atomic E-state index is -0.119. The summed E-state index contributed by atoms with van der Waals surface area (Å²) in [4.78, 5) is 0. The Kier molecular flexibility index (Phi) is 4.80. The summed E-state index contributed by atoms with van der Waals surface area (Å²) in [6.07, 6.45) is 3.33. The lowest BCUT2D eigenvalue weighted by Gasteiger charge is -2.51. The zero-order valence-corrected chi connectivity index (χ0v) is 21.9. The van der Waals surface area contributed by atoms with E-state index >= 15 is 0 Å². The Labute approximate surface area is 213 Å². The maximum absolute atomic E-state index is 11.5. The van der Waals surface area contributed by atoms with Crippen LogP contribution in [0.3, 0.4) is 0 Å². The Morgan fingerprint density at radius 1 is 0.750 bits per heavy atom. The number of aromatic hydroxyl groups is 1. The number of nitrogens with two attached hydrogens (primary N) is 1. The molecule has 0 amide bonds. The summed E-state index contributed by atoms with van der Waals surface area (Å²) >= 11 is 0. The predicted molar refractivity (Wildman–Crippen MR) is 150 cm³/mol. The lowest BCUT2D eigenvalue weighted by molar-refractivity contribution is 0.0645. The molecule has 3 N–H and O–H groups in total. The summed E-state index contributed by atoms with van der Waals surface area (Å²) in [5.74, 6) is 1.12. The van der Waals surface area contributed by atoms with Crippen molar-refractivity contribution >= 4 is 16.5 Å². The first-order chi connectivity index (χ1) is 17.0. The molecule has 0 radical (unpaired) electrons. The van der Waals surface area contributed by atoms with Gasteiger partial charge in [0.15, 0.2) is 0 Å². The first-order valence-electron chi connectivity index (χ1n) is 12.9. The molecule has 1 saturated carbocycles. The summed E-state index contributed by atoms with van der Waals surface area (Å²) < 4.78 is 5.92. The van der Waals surface area contributed by atoms with E-state index in [1.807, 2.05) is 24.3 Å². The number of methoxy groups -OCH3 is 1. The molecule has 3 nitrogen and oxygen atoms in total. The highest BCUT2D eigenvalue weighted by atomic mass is 16.5. The lowest BCUT2D eigenvalue weighted by Crippen LogP contribution is -2.43. The van der Waals surface area contributed by atoms with Crippen molar-refractivity contribution in [3.05, 3.63) is 77.9 Å². The van der Waals surface area contributed by atoms with Crippen LogP contribution in [0, 0.1) is 10.8 Å². The van der Waals surface area contributed by atoms with Crippen LogP contribution < -0.4 is 10.5 Å². The molecule has 2 aliphatic carbocycles. The van der Waals surface area contributed by atoms with E-state index in [0.29, 0.717) is 5.75 Å². The van der Waals surface area contributed by atoms with E-state index in [9.17, 15) is 5.11 Å². The van der Waals surface area contributed by atoms with Crippen LogP contribution in [-0.2, 0) is 5.41 Å². The predicted octanol–water partition coefficient (Wildman–Crippen LogP) is 8.31. The van der Waals surface area contributed by atoms with Gasteiger partial charge in [0.1, 0.15) is 11.5 Å². The Morgan fingerprint density at radius 3 is 2.08 bits per heavy atom. The summed E-state index contributed by atoms with van der Waals surface area (Å²) in [6, 6.07) is 22.9. The fourth-order valence-electron chi connectivity index (χ4n) is 7.92. The quantitative estimate of drug-likeness (QED) is 0.285. The second-order valence-electron chi connectivity index (χ2n) is 12.5. The van der Waals surface area contributed by atoms with Gasteiger partial charge >= 0.3 is 0 Å². The summed E-state index contributed by atoms with van der Waals surface area (Å²) in [5.41, 5.74) is 14.1. The van der Waals surface area contributed by atoms with Crippen LogP contribution >= 0.6 is 0 Å². The fraction of sp³-hybridized carbons (Fsp3) is 0.333. The molecular weight excluding hydrogens is 442 g/mol. The number of hydrogen-bond acceptors (Lipinski definition) is 3. The van der Waals surface area contributed by atoms with E-state index < -0.39 is 0 Å². The first kappa shape index (κ1) is 23.0. The molecule has 0 heterocycles. The standard InChI is InChI=1S/C33H35NO2/c1-31(2)17-32(3,4)19-33(18-31)26-9-7-6-8-22(26)30-25-15-29(36-5)23(20-10-12-21(34)13-11-20)14-24(25)28(35)16-27(30)33/h6-16,35H,17-19,34H2,1-5H3. The fourth-order valence-corrected chi connectivity index (χ4v) is 7.92. The molecule has 0 atom stereocenters. The Balaban J connectivity index is 1.68. The molecule has 4 aromatic rings. The van der Waals surface area contributed by atoms with Gasteiger partial charge < -0.3 is 15.6 Å². The maximum atomic E-state index is 11.5. The van der Waals surface area contributed by atoms with Gasteiger partial charge in [0.05, 0.1) is 7.11 Å². The van der Waals surface area contributed by atoms with Gasteiger partial charge in [0, 0.05) is 22.1 Å². The summed E-state index contributed by atoms with van der Waals surface area (Å²) in [7, 11) is 1.71. The molecular formula is C33H35NO2. The van der Waals surface area contributed by atoms with Crippen molar-refractivity contribution in [2.75, 3.05) is 12.8 Å². The van der Waals surface area contributed by atoms with Gasteiger partial charge in [-0.05, 0) is 93.6 Å². The second kappa shape index (κ2) is 7.52. The van der Waals surface area contributed by atoms with Crippen LogP contribution in [0.1, 0.15) is 58.1 Å². The zero-order chi connectivity index (χ0) is 25.5. The third-order valence-electron chi connectivity index (χ3n) is 8.40. The van der Waals surface area contributed by atoms with Gasteiger partial charge in [-0.1, -0.05) is 64.1 Å². The first-order valence-corrected chi connectivity index (χ1v) is 12.9. The minimum absolute atomic E-state index is 0.119.